The molecule has 0 aliphatic rings. The average molecular weight is 192 g/mol. The lowest BCUT2D eigenvalue weighted by Gasteiger charge is -2.14. The Bertz CT molecular complexity index is 315. The van der Waals surface area contributed by atoms with E-state index < -0.39 is 0 Å². The molecule has 0 aliphatic heterocycles. The summed E-state index contributed by atoms with van der Waals surface area (Å²) in [7, 11) is 0. The molecule has 0 aromatic heterocycles. The van der Waals surface area contributed by atoms with Gasteiger partial charge in [0.1, 0.15) is 0 Å². The van der Waals surface area contributed by atoms with Crippen molar-refractivity contribution in [3.63, 3.8) is 0 Å². The van der Waals surface area contributed by atoms with E-state index in [0.717, 1.165) is 17.5 Å². The third-order valence-electron chi connectivity index (χ3n) is 2.58. The highest BCUT2D eigenvalue weighted by molar-refractivity contribution is 5.55. The zero-order valence-corrected chi connectivity index (χ0v) is 8.89. The first kappa shape index (κ1) is 11.0. The second-order valence-electron chi connectivity index (χ2n) is 3.53. The molecule has 0 fully saturated rings. The van der Waals surface area contributed by atoms with Gasteiger partial charge in [-0.1, -0.05) is 44.7 Å². The zero-order chi connectivity index (χ0) is 10.6. The van der Waals surface area contributed by atoms with Gasteiger partial charge in [-0.3, -0.25) is 4.39 Å². The Morgan fingerprint density at radius 3 is 2.71 bits per heavy atom. The van der Waals surface area contributed by atoms with E-state index in [4.69, 9.17) is 0 Å². The highest BCUT2D eigenvalue weighted by Crippen LogP contribution is 2.24. The van der Waals surface area contributed by atoms with E-state index >= 15 is 0 Å². The van der Waals surface area contributed by atoms with Gasteiger partial charge in [-0.15, -0.1) is 0 Å². The minimum atomic E-state index is -0.298. The molecular weight excluding hydrogens is 175 g/mol. The zero-order valence-electron chi connectivity index (χ0n) is 8.89. The van der Waals surface area contributed by atoms with Gasteiger partial charge >= 0.3 is 0 Å². The maximum atomic E-state index is 12.6. The van der Waals surface area contributed by atoms with Crippen molar-refractivity contribution >= 4 is 6.08 Å². The molecular formula is C13H17F. The number of benzene rings is 1. The van der Waals surface area contributed by atoms with Gasteiger partial charge in [0.2, 0.25) is 0 Å². The number of halogens is 1. The first-order valence-electron chi connectivity index (χ1n) is 5.04. The van der Waals surface area contributed by atoms with E-state index in [1.54, 1.807) is 0 Å². The summed E-state index contributed by atoms with van der Waals surface area (Å²) < 4.78 is 12.6. The lowest BCUT2D eigenvalue weighted by molar-refractivity contribution is 0.446. The molecule has 14 heavy (non-hydrogen) atoms. The third-order valence-corrected chi connectivity index (χ3v) is 2.58. The summed E-state index contributed by atoms with van der Waals surface area (Å²) in [6.45, 7) is 7.49. The SMILES string of the molecule is C=Cc1cccc(C(C)CF)c1CC. The third kappa shape index (κ3) is 2.03. The van der Waals surface area contributed by atoms with E-state index in [0.29, 0.717) is 0 Å². The van der Waals surface area contributed by atoms with Crippen LogP contribution in [-0.4, -0.2) is 6.67 Å². The largest absolute Gasteiger partial charge is 0.250 e. The van der Waals surface area contributed by atoms with Crippen molar-refractivity contribution in [2.45, 2.75) is 26.2 Å². The van der Waals surface area contributed by atoms with Gasteiger partial charge in [-0.25, -0.2) is 0 Å². The molecule has 0 aliphatic carbocycles. The van der Waals surface area contributed by atoms with Crippen LogP contribution >= 0.6 is 0 Å². The summed E-state index contributed by atoms with van der Waals surface area (Å²) >= 11 is 0. The van der Waals surface area contributed by atoms with Crippen LogP contribution in [0.5, 0.6) is 0 Å². The molecule has 0 saturated heterocycles. The molecule has 0 bridgehead atoms. The van der Waals surface area contributed by atoms with Crippen molar-refractivity contribution in [2.75, 3.05) is 6.67 Å². The lowest BCUT2D eigenvalue weighted by Crippen LogP contribution is -2.02. The highest BCUT2D eigenvalue weighted by Gasteiger charge is 2.10. The molecule has 0 spiro atoms. The number of rotatable bonds is 4. The van der Waals surface area contributed by atoms with Gasteiger partial charge < -0.3 is 0 Å². The van der Waals surface area contributed by atoms with Crippen LogP contribution in [0, 0.1) is 0 Å². The predicted molar refractivity (Wildman–Crippen MR) is 60.3 cm³/mol. The molecule has 1 unspecified atom stereocenters. The van der Waals surface area contributed by atoms with Crippen molar-refractivity contribution in [3.05, 3.63) is 41.5 Å². The molecule has 0 nitrogen and oxygen atoms in total. The Morgan fingerprint density at radius 1 is 1.50 bits per heavy atom. The minimum Gasteiger partial charge on any atom is -0.250 e. The van der Waals surface area contributed by atoms with Gasteiger partial charge in [0.15, 0.2) is 0 Å². The summed E-state index contributed by atoms with van der Waals surface area (Å²) in [5.74, 6) is -0.00940. The van der Waals surface area contributed by atoms with E-state index in [1.807, 2.05) is 31.2 Å². The Morgan fingerprint density at radius 2 is 2.21 bits per heavy atom. The fourth-order valence-corrected chi connectivity index (χ4v) is 1.77. The van der Waals surface area contributed by atoms with Crippen molar-refractivity contribution in [3.8, 4) is 0 Å². The van der Waals surface area contributed by atoms with Crippen LogP contribution in [0.25, 0.3) is 6.08 Å². The van der Waals surface area contributed by atoms with Crippen molar-refractivity contribution < 1.29 is 4.39 Å². The first-order chi connectivity index (χ1) is 6.74. The minimum absolute atomic E-state index is 0.00940. The van der Waals surface area contributed by atoms with Crippen LogP contribution in [-0.2, 0) is 6.42 Å². The van der Waals surface area contributed by atoms with E-state index in [9.17, 15) is 4.39 Å². The Labute approximate surface area is 85.5 Å². The summed E-state index contributed by atoms with van der Waals surface area (Å²) in [5.41, 5.74) is 3.48. The topological polar surface area (TPSA) is 0 Å². The normalized spacial score (nSPS) is 12.5. The maximum Gasteiger partial charge on any atom is 0.0960 e. The van der Waals surface area contributed by atoms with Gasteiger partial charge in [0.05, 0.1) is 6.67 Å². The van der Waals surface area contributed by atoms with Crippen LogP contribution in [0.4, 0.5) is 4.39 Å². The molecule has 1 rings (SSSR count). The lowest BCUT2D eigenvalue weighted by atomic mass is 9.91. The molecule has 1 aromatic carbocycles. The second-order valence-corrected chi connectivity index (χ2v) is 3.53. The molecule has 0 radical (unpaired) electrons. The van der Waals surface area contributed by atoms with Crippen LogP contribution in [0.15, 0.2) is 24.8 Å². The van der Waals surface area contributed by atoms with Gasteiger partial charge in [0.25, 0.3) is 0 Å². The standard InChI is InChI=1S/C13H17F/c1-4-11-7-6-8-13(10(3)9-14)12(11)5-2/h4,6-8,10H,1,5,9H2,2-3H3. The second kappa shape index (κ2) is 4.94. The molecule has 0 heterocycles. The molecule has 0 amide bonds. The van der Waals surface area contributed by atoms with Crippen molar-refractivity contribution in [2.24, 2.45) is 0 Å². The van der Waals surface area contributed by atoms with Gasteiger partial charge in [-0.05, 0) is 23.1 Å². The number of hydrogen-bond acceptors (Lipinski definition) is 0. The van der Waals surface area contributed by atoms with Crippen LogP contribution < -0.4 is 0 Å². The van der Waals surface area contributed by atoms with Crippen LogP contribution in [0.1, 0.15) is 36.5 Å². The maximum absolute atomic E-state index is 12.6. The fourth-order valence-electron chi connectivity index (χ4n) is 1.77. The average Bonchev–Trinajstić information content (AvgIpc) is 2.26. The first-order valence-corrected chi connectivity index (χ1v) is 5.04. The smallest absolute Gasteiger partial charge is 0.0960 e. The highest BCUT2D eigenvalue weighted by atomic mass is 19.1. The Hall–Kier alpha value is -1.11. The molecule has 0 saturated carbocycles. The molecule has 1 heteroatoms. The molecule has 76 valence electrons. The summed E-state index contributed by atoms with van der Waals surface area (Å²) in [6, 6.07) is 6.01. The number of alkyl halides is 1. The van der Waals surface area contributed by atoms with E-state index in [1.165, 1.54) is 5.56 Å². The Kier molecular flexibility index (Phi) is 3.87. The van der Waals surface area contributed by atoms with Gasteiger partial charge in [-0.2, -0.15) is 0 Å². The monoisotopic (exact) mass is 192 g/mol. The molecule has 1 atom stereocenters. The van der Waals surface area contributed by atoms with E-state index in [-0.39, 0.29) is 12.6 Å². The quantitative estimate of drug-likeness (QED) is 0.677. The summed E-state index contributed by atoms with van der Waals surface area (Å²) in [4.78, 5) is 0. The van der Waals surface area contributed by atoms with Crippen LogP contribution in [0.3, 0.4) is 0 Å². The van der Waals surface area contributed by atoms with Crippen LogP contribution in [0.2, 0.25) is 0 Å². The Balaban J connectivity index is 3.21. The molecule has 0 N–H and O–H groups in total. The van der Waals surface area contributed by atoms with Crippen molar-refractivity contribution in [1.29, 1.82) is 0 Å². The summed E-state index contributed by atoms with van der Waals surface area (Å²) in [5, 5.41) is 0. The predicted octanol–water partition coefficient (Wildman–Crippen LogP) is 3.97. The molecule has 1 aromatic rings. The fraction of sp³-hybridized carbons (Fsp3) is 0.385. The summed E-state index contributed by atoms with van der Waals surface area (Å²) in [6.07, 6.45) is 2.77. The van der Waals surface area contributed by atoms with Gasteiger partial charge in [0, 0.05) is 5.92 Å². The number of hydrogen-bond donors (Lipinski definition) is 0. The van der Waals surface area contributed by atoms with Crippen molar-refractivity contribution in [1.82, 2.24) is 0 Å². The van der Waals surface area contributed by atoms with E-state index in [2.05, 4.69) is 13.5 Å².